The Hall–Kier alpha value is -2.28. The Balaban J connectivity index is 0.00000196. The third-order valence-electron chi connectivity index (χ3n) is 4.61. The Kier molecular flexibility index (Phi) is 9.79. The lowest BCUT2D eigenvalue weighted by Crippen LogP contribution is -2.51. The molecule has 2 aromatic carbocycles. The van der Waals surface area contributed by atoms with Gasteiger partial charge in [-0.2, -0.15) is 0 Å². The zero-order valence-corrected chi connectivity index (χ0v) is 17.1. The van der Waals surface area contributed by atoms with Gasteiger partial charge in [-0.3, -0.25) is 9.59 Å². The molecule has 3 rings (SSSR count). The smallest absolute Gasteiger partial charge is 0.242 e. The summed E-state index contributed by atoms with van der Waals surface area (Å²) in [5, 5.41) is 2.65. The van der Waals surface area contributed by atoms with Crippen molar-refractivity contribution in [1.29, 1.82) is 0 Å². The first-order valence-corrected chi connectivity index (χ1v) is 8.81. The standard InChI is InChI=1S/C20H24N4O2.2ClH/c21-19(16-7-3-1-4-8-16)20(26)22-15-18(25)24-13-11-23(12-14-24)17-9-5-2-6-10-17;;/h1-10,19H,11-15,21H2,(H,22,26);2*1H. The second kappa shape index (κ2) is 11.5. The van der Waals surface area contributed by atoms with Crippen LogP contribution in [0, 0.1) is 0 Å². The number of para-hydroxylation sites is 1. The van der Waals surface area contributed by atoms with E-state index in [4.69, 9.17) is 5.73 Å². The monoisotopic (exact) mass is 424 g/mol. The van der Waals surface area contributed by atoms with Crippen molar-refractivity contribution in [2.45, 2.75) is 6.04 Å². The lowest BCUT2D eigenvalue weighted by molar-refractivity contribution is -0.133. The van der Waals surface area contributed by atoms with Gasteiger partial charge in [0.1, 0.15) is 6.04 Å². The SMILES string of the molecule is Cl.Cl.NC(C(=O)NCC(=O)N1CCN(c2ccccc2)CC1)c1ccccc1. The maximum atomic E-state index is 12.4. The number of amides is 2. The highest BCUT2D eigenvalue weighted by Crippen LogP contribution is 2.15. The van der Waals surface area contributed by atoms with E-state index in [-0.39, 0.29) is 43.2 Å². The highest BCUT2D eigenvalue weighted by Gasteiger charge is 2.22. The fourth-order valence-electron chi connectivity index (χ4n) is 3.05. The maximum Gasteiger partial charge on any atom is 0.242 e. The van der Waals surface area contributed by atoms with Crippen LogP contribution in [0.5, 0.6) is 0 Å². The van der Waals surface area contributed by atoms with Gasteiger partial charge in [-0.15, -0.1) is 24.8 Å². The molecule has 0 aliphatic carbocycles. The Bertz CT molecular complexity index is 738. The zero-order chi connectivity index (χ0) is 18.4. The van der Waals surface area contributed by atoms with Crippen molar-refractivity contribution in [3.63, 3.8) is 0 Å². The molecule has 1 saturated heterocycles. The second-order valence-corrected chi connectivity index (χ2v) is 6.31. The minimum atomic E-state index is -0.765. The predicted octanol–water partition coefficient (Wildman–Crippen LogP) is 1.99. The number of rotatable bonds is 5. The molecule has 0 bridgehead atoms. The highest BCUT2D eigenvalue weighted by atomic mass is 35.5. The molecular formula is C20H26Cl2N4O2. The van der Waals surface area contributed by atoms with E-state index in [1.807, 2.05) is 36.4 Å². The van der Waals surface area contributed by atoms with Gasteiger partial charge in [0.2, 0.25) is 11.8 Å². The Morgan fingerprint density at radius 2 is 1.43 bits per heavy atom. The van der Waals surface area contributed by atoms with Crippen LogP contribution in [0.1, 0.15) is 11.6 Å². The van der Waals surface area contributed by atoms with E-state index >= 15 is 0 Å². The van der Waals surface area contributed by atoms with Crippen molar-refractivity contribution in [3.8, 4) is 0 Å². The summed E-state index contributed by atoms with van der Waals surface area (Å²) in [6, 6.07) is 18.5. The summed E-state index contributed by atoms with van der Waals surface area (Å²) in [4.78, 5) is 28.6. The summed E-state index contributed by atoms with van der Waals surface area (Å²) >= 11 is 0. The predicted molar refractivity (Wildman–Crippen MR) is 116 cm³/mol. The molecule has 0 saturated carbocycles. The van der Waals surface area contributed by atoms with E-state index in [1.165, 1.54) is 5.69 Å². The molecule has 1 unspecified atom stereocenters. The lowest BCUT2D eigenvalue weighted by atomic mass is 10.1. The summed E-state index contributed by atoms with van der Waals surface area (Å²) < 4.78 is 0. The first-order valence-electron chi connectivity index (χ1n) is 8.81. The van der Waals surface area contributed by atoms with E-state index in [0.717, 1.165) is 18.7 Å². The molecule has 1 atom stereocenters. The number of nitrogens with two attached hydrogens (primary N) is 1. The minimum absolute atomic E-state index is 0. The third-order valence-corrected chi connectivity index (χ3v) is 4.61. The van der Waals surface area contributed by atoms with E-state index in [1.54, 1.807) is 17.0 Å². The molecule has 0 aromatic heterocycles. The quantitative estimate of drug-likeness (QED) is 0.768. The second-order valence-electron chi connectivity index (χ2n) is 6.31. The van der Waals surface area contributed by atoms with Crippen LogP contribution in [0.25, 0.3) is 0 Å². The number of anilines is 1. The van der Waals surface area contributed by atoms with Crippen molar-refractivity contribution in [1.82, 2.24) is 10.2 Å². The van der Waals surface area contributed by atoms with Crippen molar-refractivity contribution >= 4 is 42.3 Å². The molecule has 0 spiro atoms. The lowest BCUT2D eigenvalue weighted by Gasteiger charge is -2.36. The number of carbonyl (C=O) groups is 2. The summed E-state index contributed by atoms with van der Waals surface area (Å²) in [6.45, 7) is 2.84. The summed E-state index contributed by atoms with van der Waals surface area (Å²) in [6.07, 6.45) is 0. The van der Waals surface area contributed by atoms with Gasteiger partial charge in [-0.25, -0.2) is 0 Å². The number of benzene rings is 2. The molecule has 1 aliphatic rings. The maximum absolute atomic E-state index is 12.4. The number of piperazine rings is 1. The van der Waals surface area contributed by atoms with Crippen molar-refractivity contribution in [2.24, 2.45) is 5.73 Å². The molecule has 28 heavy (non-hydrogen) atoms. The molecule has 0 radical (unpaired) electrons. The molecule has 1 fully saturated rings. The summed E-state index contributed by atoms with van der Waals surface area (Å²) in [5.74, 6) is -0.418. The van der Waals surface area contributed by atoms with Gasteiger partial charge in [0.15, 0.2) is 0 Å². The number of hydrogen-bond acceptors (Lipinski definition) is 4. The van der Waals surface area contributed by atoms with Gasteiger partial charge in [0.05, 0.1) is 6.54 Å². The van der Waals surface area contributed by atoms with Gasteiger partial charge in [-0.05, 0) is 17.7 Å². The number of nitrogens with one attached hydrogen (secondary N) is 1. The van der Waals surface area contributed by atoms with Gasteiger partial charge < -0.3 is 20.9 Å². The molecule has 1 heterocycles. The fourth-order valence-corrected chi connectivity index (χ4v) is 3.05. The third kappa shape index (κ3) is 6.12. The minimum Gasteiger partial charge on any atom is -0.368 e. The fraction of sp³-hybridized carbons (Fsp3) is 0.300. The van der Waals surface area contributed by atoms with Crippen LogP contribution in [0.2, 0.25) is 0 Å². The van der Waals surface area contributed by atoms with Crippen molar-refractivity contribution < 1.29 is 9.59 Å². The first-order chi connectivity index (χ1) is 12.6. The van der Waals surface area contributed by atoms with Crippen LogP contribution in [0.3, 0.4) is 0 Å². The van der Waals surface area contributed by atoms with E-state index in [2.05, 4.69) is 22.3 Å². The Morgan fingerprint density at radius 1 is 0.893 bits per heavy atom. The molecule has 3 N–H and O–H groups in total. The summed E-state index contributed by atoms with van der Waals surface area (Å²) in [5.41, 5.74) is 7.84. The molecular weight excluding hydrogens is 399 g/mol. The number of halogens is 2. The van der Waals surface area contributed by atoms with Crippen LogP contribution in [-0.4, -0.2) is 49.4 Å². The van der Waals surface area contributed by atoms with Crippen LogP contribution in [0.4, 0.5) is 5.69 Å². The molecule has 8 heteroatoms. The van der Waals surface area contributed by atoms with Crippen LogP contribution >= 0.6 is 24.8 Å². The van der Waals surface area contributed by atoms with Crippen LogP contribution in [0.15, 0.2) is 60.7 Å². The number of carbonyl (C=O) groups excluding carboxylic acids is 2. The van der Waals surface area contributed by atoms with E-state index < -0.39 is 6.04 Å². The zero-order valence-electron chi connectivity index (χ0n) is 15.5. The molecule has 2 aromatic rings. The topological polar surface area (TPSA) is 78.7 Å². The van der Waals surface area contributed by atoms with Crippen molar-refractivity contribution in [3.05, 3.63) is 66.2 Å². The van der Waals surface area contributed by atoms with Crippen LogP contribution in [-0.2, 0) is 9.59 Å². The molecule has 1 aliphatic heterocycles. The van der Waals surface area contributed by atoms with Gasteiger partial charge >= 0.3 is 0 Å². The van der Waals surface area contributed by atoms with E-state index in [9.17, 15) is 9.59 Å². The van der Waals surface area contributed by atoms with Crippen molar-refractivity contribution in [2.75, 3.05) is 37.6 Å². The Labute approximate surface area is 177 Å². The van der Waals surface area contributed by atoms with E-state index in [0.29, 0.717) is 13.1 Å². The highest BCUT2D eigenvalue weighted by molar-refractivity contribution is 5.88. The van der Waals surface area contributed by atoms with Gasteiger partial charge in [-0.1, -0.05) is 48.5 Å². The Morgan fingerprint density at radius 3 is 2.00 bits per heavy atom. The van der Waals surface area contributed by atoms with Crippen LogP contribution < -0.4 is 16.0 Å². The average molecular weight is 425 g/mol. The summed E-state index contributed by atoms with van der Waals surface area (Å²) in [7, 11) is 0. The molecule has 152 valence electrons. The normalized spacial score (nSPS) is 14.3. The molecule has 2 amide bonds. The van der Waals surface area contributed by atoms with Gasteiger partial charge in [0.25, 0.3) is 0 Å². The average Bonchev–Trinajstić information content (AvgIpc) is 2.72. The van der Waals surface area contributed by atoms with Gasteiger partial charge in [0, 0.05) is 31.9 Å². The largest absolute Gasteiger partial charge is 0.368 e. The number of hydrogen-bond donors (Lipinski definition) is 2. The number of nitrogens with zero attached hydrogens (tertiary/aromatic N) is 2. The first kappa shape index (κ1) is 23.8. The molecule has 6 nitrogen and oxygen atoms in total.